The molecule has 0 fully saturated rings. The van der Waals surface area contributed by atoms with E-state index < -0.39 is 0 Å². The van der Waals surface area contributed by atoms with Crippen molar-refractivity contribution < 1.29 is 9.53 Å². The van der Waals surface area contributed by atoms with Crippen molar-refractivity contribution in [3.63, 3.8) is 0 Å². The number of hydrogen-bond donors (Lipinski definition) is 1. The minimum atomic E-state index is -0.179. The molecule has 0 aliphatic rings. The van der Waals surface area contributed by atoms with Gasteiger partial charge in [-0.3, -0.25) is 9.78 Å². The Morgan fingerprint density at radius 2 is 1.87 bits per heavy atom. The van der Waals surface area contributed by atoms with Crippen LogP contribution in [-0.2, 0) is 4.79 Å². The van der Waals surface area contributed by atoms with E-state index in [4.69, 9.17) is 4.74 Å². The van der Waals surface area contributed by atoms with Crippen LogP contribution in [0.5, 0.6) is 5.75 Å². The molecule has 0 aliphatic heterocycles. The van der Waals surface area contributed by atoms with Gasteiger partial charge in [0.15, 0.2) is 6.61 Å². The summed E-state index contributed by atoms with van der Waals surface area (Å²) in [6.45, 7) is 3.98. The highest BCUT2D eigenvalue weighted by atomic mass is 16.5. The maximum atomic E-state index is 12.0. The second-order valence-corrected chi connectivity index (χ2v) is 5.57. The van der Waals surface area contributed by atoms with Crippen molar-refractivity contribution in [2.75, 3.05) is 11.9 Å². The molecule has 0 atom stereocenters. The summed E-state index contributed by atoms with van der Waals surface area (Å²) in [4.78, 5) is 16.3. The molecule has 3 aromatic rings. The molecule has 4 nitrogen and oxygen atoms in total. The molecule has 0 saturated heterocycles. The van der Waals surface area contributed by atoms with Gasteiger partial charge in [0.05, 0.1) is 5.52 Å². The minimum Gasteiger partial charge on any atom is -0.484 e. The third-order valence-corrected chi connectivity index (χ3v) is 3.45. The van der Waals surface area contributed by atoms with Crippen LogP contribution in [0.15, 0.2) is 54.7 Å². The predicted octanol–water partition coefficient (Wildman–Crippen LogP) is 3.87. The standard InChI is InChI=1S/C19H18N2O2/c1-13-8-14(2)10-16(9-13)21-19(22)12-23-17-5-6-18-15(11-17)4-3-7-20-18/h3-11H,12H2,1-2H3,(H,21,22). The fourth-order valence-electron chi connectivity index (χ4n) is 2.54. The van der Waals surface area contributed by atoms with Gasteiger partial charge in [0.25, 0.3) is 5.91 Å². The maximum absolute atomic E-state index is 12.0. The van der Waals surface area contributed by atoms with Crippen molar-refractivity contribution in [2.24, 2.45) is 0 Å². The summed E-state index contributed by atoms with van der Waals surface area (Å²) in [5.41, 5.74) is 3.92. The van der Waals surface area contributed by atoms with Gasteiger partial charge in [-0.2, -0.15) is 0 Å². The first-order valence-corrected chi connectivity index (χ1v) is 7.46. The number of carbonyl (C=O) groups excluding carboxylic acids is 1. The number of ether oxygens (including phenoxy) is 1. The van der Waals surface area contributed by atoms with Crippen LogP contribution in [0.2, 0.25) is 0 Å². The van der Waals surface area contributed by atoms with Gasteiger partial charge in [-0.15, -0.1) is 0 Å². The SMILES string of the molecule is Cc1cc(C)cc(NC(=O)COc2ccc3ncccc3c2)c1. The van der Waals surface area contributed by atoms with Crippen molar-refractivity contribution in [2.45, 2.75) is 13.8 Å². The molecule has 1 N–H and O–H groups in total. The highest BCUT2D eigenvalue weighted by molar-refractivity contribution is 5.92. The zero-order valence-corrected chi connectivity index (χ0v) is 13.2. The first kappa shape index (κ1) is 15.0. The number of rotatable bonds is 4. The van der Waals surface area contributed by atoms with Crippen LogP contribution >= 0.6 is 0 Å². The van der Waals surface area contributed by atoms with E-state index >= 15 is 0 Å². The third kappa shape index (κ3) is 3.86. The fraction of sp³-hybridized carbons (Fsp3) is 0.158. The van der Waals surface area contributed by atoms with Gasteiger partial charge in [-0.25, -0.2) is 0 Å². The van der Waals surface area contributed by atoms with E-state index in [0.29, 0.717) is 5.75 Å². The quantitative estimate of drug-likeness (QED) is 0.796. The molecular weight excluding hydrogens is 288 g/mol. The number of amides is 1. The fourth-order valence-corrected chi connectivity index (χ4v) is 2.54. The molecule has 1 aromatic heterocycles. The van der Waals surface area contributed by atoms with Crippen molar-refractivity contribution >= 4 is 22.5 Å². The topological polar surface area (TPSA) is 51.2 Å². The Morgan fingerprint density at radius 1 is 1.09 bits per heavy atom. The van der Waals surface area contributed by atoms with Crippen LogP contribution in [0.3, 0.4) is 0 Å². The molecule has 1 heterocycles. The number of aromatic nitrogens is 1. The number of nitrogens with one attached hydrogen (secondary N) is 1. The van der Waals surface area contributed by atoms with E-state index in [1.54, 1.807) is 6.20 Å². The second kappa shape index (κ2) is 6.48. The van der Waals surface area contributed by atoms with Crippen molar-refractivity contribution in [3.8, 4) is 5.75 Å². The van der Waals surface area contributed by atoms with Gasteiger partial charge in [0.2, 0.25) is 0 Å². The first-order chi connectivity index (χ1) is 11.1. The summed E-state index contributed by atoms with van der Waals surface area (Å²) < 4.78 is 5.57. The van der Waals surface area contributed by atoms with Crippen molar-refractivity contribution in [3.05, 3.63) is 65.9 Å². The van der Waals surface area contributed by atoms with Gasteiger partial charge < -0.3 is 10.1 Å². The lowest BCUT2D eigenvalue weighted by molar-refractivity contribution is -0.118. The number of nitrogens with zero attached hydrogens (tertiary/aromatic N) is 1. The molecule has 0 radical (unpaired) electrons. The summed E-state index contributed by atoms with van der Waals surface area (Å²) in [6.07, 6.45) is 1.75. The molecule has 4 heteroatoms. The van der Waals surface area contributed by atoms with Gasteiger partial charge >= 0.3 is 0 Å². The molecule has 1 amide bonds. The largest absolute Gasteiger partial charge is 0.484 e. The molecule has 0 aliphatic carbocycles. The number of benzene rings is 2. The Balaban J connectivity index is 1.63. The normalized spacial score (nSPS) is 10.5. The van der Waals surface area contributed by atoms with Gasteiger partial charge in [0, 0.05) is 17.3 Å². The average molecular weight is 306 g/mol. The van der Waals surface area contributed by atoms with Crippen molar-refractivity contribution in [1.82, 2.24) is 4.98 Å². The molecule has 0 bridgehead atoms. The van der Waals surface area contributed by atoms with Crippen molar-refractivity contribution in [1.29, 1.82) is 0 Å². The van der Waals surface area contributed by atoms with Crippen LogP contribution in [0.1, 0.15) is 11.1 Å². The minimum absolute atomic E-state index is 0.0290. The maximum Gasteiger partial charge on any atom is 0.262 e. The summed E-state index contributed by atoms with van der Waals surface area (Å²) >= 11 is 0. The molecule has 0 spiro atoms. The van der Waals surface area contributed by atoms with E-state index in [-0.39, 0.29) is 12.5 Å². The molecule has 3 rings (SSSR count). The Bertz CT molecular complexity index is 839. The number of hydrogen-bond acceptors (Lipinski definition) is 3. The summed E-state index contributed by atoms with van der Waals surface area (Å²) in [6, 6.07) is 15.4. The molecule has 23 heavy (non-hydrogen) atoms. The Kier molecular flexibility index (Phi) is 4.24. The zero-order chi connectivity index (χ0) is 16.2. The Labute approximate surface area is 135 Å². The number of aryl methyl sites for hydroxylation is 2. The first-order valence-electron chi connectivity index (χ1n) is 7.46. The van der Waals surface area contributed by atoms with E-state index in [9.17, 15) is 4.79 Å². The molecule has 0 saturated carbocycles. The molecule has 116 valence electrons. The van der Waals surface area contributed by atoms with E-state index in [1.807, 2.05) is 56.3 Å². The highest BCUT2D eigenvalue weighted by Crippen LogP contribution is 2.19. The lowest BCUT2D eigenvalue weighted by Crippen LogP contribution is -2.20. The molecule has 2 aromatic carbocycles. The van der Waals surface area contributed by atoms with E-state index in [2.05, 4.69) is 16.4 Å². The van der Waals surface area contributed by atoms with Gasteiger partial charge in [-0.1, -0.05) is 12.1 Å². The second-order valence-electron chi connectivity index (χ2n) is 5.57. The lowest BCUT2D eigenvalue weighted by atomic mass is 10.1. The number of pyridine rings is 1. The Hall–Kier alpha value is -2.88. The zero-order valence-electron chi connectivity index (χ0n) is 13.2. The van der Waals surface area contributed by atoms with Crippen LogP contribution in [0, 0.1) is 13.8 Å². The monoisotopic (exact) mass is 306 g/mol. The average Bonchev–Trinajstić information content (AvgIpc) is 2.52. The number of fused-ring (bicyclic) bond motifs is 1. The van der Waals surface area contributed by atoms with Gasteiger partial charge in [0.1, 0.15) is 5.75 Å². The van der Waals surface area contributed by atoms with E-state index in [0.717, 1.165) is 27.7 Å². The number of anilines is 1. The summed E-state index contributed by atoms with van der Waals surface area (Å²) in [5, 5.41) is 3.84. The molecule has 0 unspecified atom stereocenters. The third-order valence-electron chi connectivity index (χ3n) is 3.45. The van der Waals surface area contributed by atoms with Crippen LogP contribution < -0.4 is 10.1 Å². The molecular formula is C19H18N2O2. The van der Waals surface area contributed by atoms with Crippen LogP contribution in [0.4, 0.5) is 5.69 Å². The summed E-state index contributed by atoms with van der Waals surface area (Å²) in [7, 11) is 0. The van der Waals surface area contributed by atoms with Crippen LogP contribution in [-0.4, -0.2) is 17.5 Å². The highest BCUT2D eigenvalue weighted by Gasteiger charge is 2.05. The predicted molar refractivity (Wildman–Crippen MR) is 91.8 cm³/mol. The van der Waals surface area contributed by atoms with Crippen LogP contribution in [0.25, 0.3) is 10.9 Å². The Morgan fingerprint density at radius 3 is 2.65 bits per heavy atom. The lowest BCUT2D eigenvalue weighted by Gasteiger charge is -2.09. The number of carbonyl (C=O) groups is 1. The van der Waals surface area contributed by atoms with Gasteiger partial charge in [-0.05, 0) is 61.4 Å². The summed E-state index contributed by atoms with van der Waals surface area (Å²) in [5.74, 6) is 0.474. The smallest absolute Gasteiger partial charge is 0.262 e. The van der Waals surface area contributed by atoms with E-state index in [1.165, 1.54) is 0 Å².